The number of ether oxygens (including phenoxy) is 1. The van der Waals surface area contributed by atoms with Crippen molar-refractivity contribution in [3.63, 3.8) is 0 Å². The van der Waals surface area contributed by atoms with E-state index < -0.39 is 6.09 Å². The second kappa shape index (κ2) is 7.04. The van der Waals surface area contributed by atoms with Gasteiger partial charge in [0.2, 0.25) is 5.91 Å². The van der Waals surface area contributed by atoms with Crippen LogP contribution in [0.2, 0.25) is 0 Å². The minimum absolute atomic E-state index is 0.147. The Morgan fingerprint density at radius 3 is 2.90 bits per heavy atom. The normalized spacial score (nSPS) is 22.9. The van der Waals surface area contributed by atoms with Crippen LogP contribution in [0.4, 0.5) is 4.79 Å². The smallest absolute Gasteiger partial charge is 0.416 e. The average Bonchev–Trinajstić information content (AvgIpc) is 2.99. The highest BCUT2D eigenvalue weighted by Gasteiger charge is 2.30. The SMILES string of the molecule is CC(C)CN(CC(=O)N1CCOC1=O)CC1CCCN1. The summed E-state index contributed by atoms with van der Waals surface area (Å²) < 4.78 is 4.82. The first-order valence-electron chi connectivity index (χ1n) is 7.49. The van der Waals surface area contributed by atoms with E-state index in [0.717, 1.165) is 26.1 Å². The van der Waals surface area contributed by atoms with Crippen LogP contribution in [0, 0.1) is 5.92 Å². The zero-order chi connectivity index (χ0) is 14.5. The third-order valence-corrected chi connectivity index (χ3v) is 3.69. The summed E-state index contributed by atoms with van der Waals surface area (Å²) in [5.74, 6) is 0.348. The van der Waals surface area contributed by atoms with Crippen molar-refractivity contribution < 1.29 is 14.3 Å². The number of cyclic esters (lactones) is 1. The fourth-order valence-electron chi connectivity index (χ4n) is 2.84. The Morgan fingerprint density at radius 2 is 2.35 bits per heavy atom. The lowest BCUT2D eigenvalue weighted by Crippen LogP contribution is -2.46. The van der Waals surface area contributed by atoms with Crippen molar-refractivity contribution >= 4 is 12.0 Å². The zero-order valence-corrected chi connectivity index (χ0v) is 12.4. The van der Waals surface area contributed by atoms with Crippen molar-refractivity contribution in [2.75, 3.05) is 39.3 Å². The lowest BCUT2D eigenvalue weighted by molar-refractivity contribution is -0.129. The summed E-state index contributed by atoms with van der Waals surface area (Å²) in [6.07, 6.45) is 1.86. The molecule has 0 aliphatic carbocycles. The highest BCUT2D eigenvalue weighted by Crippen LogP contribution is 2.10. The van der Waals surface area contributed by atoms with E-state index in [0.29, 0.717) is 31.7 Å². The molecule has 0 saturated carbocycles. The van der Waals surface area contributed by atoms with E-state index in [1.54, 1.807) is 0 Å². The Bertz CT molecular complexity index is 354. The number of carbonyl (C=O) groups excluding carboxylic acids is 2. The summed E-state index contributed by atoms with van der Waals surface area (Å²) >= 11 is 0. The topological polar surface area (TPSA) is 61.9 Å². The van der Waals surface area contributed by atoms with Crippen LogP contribution in [0.25, 0.3) is 0 Å². The number of nitrogens with zero attached hydrogens (tertiary/aromatic N) is 2. The van der Waals surface area contributed by atoms with Gasteiger partial charge in [-0.1, -0.05) is 13.8 Å². The van der Waals surface area contributed by atoms with Gasteiger partial charge in [-0.05, 0) is 25.3 Å². The van der Waals surface area contributed by atoms with Crippen LogP contribution in [0.5, 0.6) is 0 Å². The summed E-state index contributed by atoms with van der Waals surface area (Å²) in [6, 6.07) is 0.465. The van der Waals surface area contributed by atoms with Crippen molar-refractivity contribution in [3.05, 3.63) is 0 Å². The van der Waals surface area contributed by atoms with Gasteiger partial charge in [-0.3, -0.25) is 9.69 Å². The molecule has 0 aromatic rings. The monoisotopic (exact) mass is 283 g/mol. The quantitative estimate of drug-likeness (QED) is 0.776. The Hall–Kier alpha value is -1.14. The number of amides is 2. The van der Waals surface area contributed by atoms with E-state index in [2.05, 4.69) is 24.1 Å². The molecule has 114 valence electrons. The molecule has 0 radical (unpaired) electrons. The average molecular weight is 283 g/mol. The Morgan fingerprint density at radius 1 is 1.55 bits per heavy atom. The molecule has 2 saturated heterocycles. The van der Waals surface area contributed by atoms with Gasteiger partial charge in [0.05, 0.1) is 13.1 Å². The first kappa shape index (κ1) is 15.3. The maximum atomic E-state index is 12.2. The van der Waals surface area contributed by atoms with Crippen molar-refractivity contribution in [3.8, 4) is 0 Å². The lowest BCUT2D eigenvalue weighted by Gasteiger charge is -2.27. The number of nitrogens with one attached hydrogen (secondary N) is 1. The molecular weight excluding hydrogens is 258 g/mol. The molecule has 1 atom stereocenters. The van der Waals surface area contributed by atoms with E-state index >= 15 is 0 Å². The summed E-state index contributed by atoms with van der Waals surface area (Å²) in [7, 11) is 0. The van der Waals surface area contributed by atoms with E-state index in [4.69, 9.17) is 4.74 Å². The first-order chi connectivity index (χ1) is 9.56. The zero-order valence-electron chi connectivity index (χ0n) is 12.4. The molecule has 2 amide bonds. The minimum Gasteiger partial charge on any atom is -0.447 e. The van der Waals surface area contributed by atoms with Crippen LogP contribution in [-0.2, 0) is 9.53 Å². The molecule has 0 bridgehead atoms. The molecule has 1 unspecified atom stereocenters. The molecule has 0 aromatic heterocycles. The maximum absolute atomic E-state index is 12.2. The third kappa shape index (κ3) is 4.18. The third-order valence-electron chi connectivity index (χ3n) is 3.69. The molecule has 20 heavy (non-hydrogen) atoms. The fraction of sp³-hybridized carbons (Fsp3) is 0.857. The summed E-state index contributed by atoms with van der Waals surface area (Å²) in [5, 5.41) is 3.45. The van der Waals surface area contributed by atoms with Gasteiger partial charge in [0.1, 0.15) is 6.61 Å². The molecule has 2 heterocycles. The number of hydrogen-bond donors (Lipinski definition) is 1. The van der Waals surface area contributed by atoms with Gasteiger partial charge in [0.15, 0.2) is 0 Å². The highest BCUT2D eigenvalue weighted by molar-refractivity contribution is 5.94. The molecule has 2 rings (SSSR count). The summed E-state index contributed by atoms with van der Waals surface area (Å²) in [6.45, 7) is 8.08. The van der Waals surface area contributed by atoms with Crippen LogP contribution in [0.15, 0.2) is 0 Å². The highest BCUT2D eigenvalue weighted by atomic mass is 16.6. The van der Waals surface area contributed by atoms with Crippen molar-refractivity contribution in [2.24, 2.45) is 5.92 Å². The molecule has 0 spiro atoms. The largest absolute Gasteiger partial charge is 0.447 e. The Kier molecular flexibility index (Phi) is 5.37. The van der Waals surface area contributed by atoms with Gasteiger partial charge in [0.25, 0.3) is 0 Å². The van der Waals surface area contributed by atoms with Crippen LogP contribution < -0.4 is 5.32 Å². The van der Waals surface area contributed by atoms with Gasteiger partial charge in [-0.25, -0.2) is 9.69 Å². The van der Waals surface area contributed by atoms with Gasteiger partial charge in [-0.15, -0.1) is 0 Å². The number of imide groups is 1. The molecule has 2 aliphatic heterocycles. The second-order valence-electron chi connectivity index (χ2n) is 6.04. The van der Waals surface area contributed by atoms with Gasteiger partial charge < -0.3 is 10.1 Å². The van der Waals surface area contributed by atoms with Crippen LogP contribution in [-0.4, -0.2) is 67.2 Å². The molecule has 6 nitrogen and oxygen atoms in total. The molecule has 1 N–H and O–H groups in total. The molecular formula is C14H25N3O3. The van der Waals surface area contributed by atoms with Gasteiger partial charge >= 0.3 is 6.09 Å². The molecule has 2 fully saturated rings. The standard InChI is InChI=1S/C14H25N3O3/c1-11(2)8-16(9-12-4-3-5-15-12)10-13(18)17-6-7-20-14(17)19/h11-12,15H,3-10H2,1-2H3. The van der Waals surface area contributed by atoms with Crippen molar-refractivity contribution in [2.45, 2.75) is 32.7 Å². The predicted octanol–water partition coefficient (Wildman–Crippen LogP) is 0.675. The molecule has 2 aliphatic rings. The van der Waals surface area contributed by atoms with E-state index in [9.17, 15) is 9.59 Å². The summed E-state index contributed by atoms with van der Waals surface area (Å²) in [5.41, 5.74) is 0. The minimum atomic E-state index is -0.501. The van der Waals surface area contributed by atoms with E-state index in [1.807, 2.05) is 0 Å². The molecule has 0 aromatic carbocycles. The number of hydrogen-bond acceptors (Lipinski definition) is 5. The van der Waals surface area contributed by atoms with Crippen molar-refractivity contribution in [1.82, 2.24) is 15.1 Å². The molecule has 6 heteroatoms. The maximum Gasteiger partial charge on any atom is 0.416 e. The van der Waals surface area contributed by atoms with Crippen molar-refractivity contribution in [1.29, 1.82) is 0 Å². The van der Waals surface area contributed by atoms with E-state index in [1.165, 1.54) is 11.3 Å². The predicted molar refractivity (Wildman–Crippen MR) is 75.4 cm³/mol. The summed E-state index contributed by atoms with van der Waals surface area (Å²) in [4.78, 5) is 27.0. The Labute approximate surface area is 120 Å². The number of carbonyl (C=O) groups is 2. The first-order valence-corrected chi connectivity index (χ1v) is 7.49. The Balaban J connectivity index is 1.88. The van der Waals surface area contributed by atoms with Crippen LogP contribution in [0.1, 0.15) is 26.7 Å². The van der Waals surface area contributed by atoms with Gasteiger partial charge in [0, 0.05) is 19.1 Å². The van der Waals surface area contributed by atoms with Gasteiger partial charge in [-0.2, -0.15) is 0 Å². The fourth-order valence-corrected chi connectivity index (χ4v) is 2.84. The second-order valence-corrected chi connectivity index (χ2v) is 6.04. The lowest BCUT2D eigenvalue weighted by atomic mass is 10.1. The van der Waals surface area contributed by atoms with Crippen LogP contribution in [0.3, 0.4) is 0 Å². The van der Waals surface area contributed by atoms with Crippen LogP contribution >= 0.6 is 0 Å². The van der Waals surface area contributed by atoms with E-state index in [-0.39, 0.29) is 5.91 Å². The number of rotatable bonds is 6.